The van der Waals surface area contributed by atoms with Gasteiger partial charge in [-0.25, -0.2) is 0 Å². The van der Waals surface area contributed by atoms with E-state index in [4.69, 9.17) is 0 Å². The molecule has 0 unspecified atom stereocenters. The summed E-state index contributed by atoms with van der Waals surface area (Å²) in [4.78, 5) is 8.21. The van der Waals surface area contributed by atoms with E-state index in [1.165, 1.54) is 64.3 Å². The first kappa shape index (κ1) is 171. The Morgan fingerprint density at radius 1 is 0.186 bits per heavy atom. The molecule has 660 valence electrons. The first-order valence-corrected chi connectivity index (χ1v) is 41.6. The van der Waals surface area contributed by atoms with Crippen molar-refractivity contribution >= 4 is 0 Å². The lowest BCUT2D eigenvalue weighted by Crippen LogP contribution is -2.60. The van der Waals surface area contributed by atoms with Gasteiger partial charge in [-0.2, -0.15) is 0 Å². The predicted molar refractivity (Wildman–Crippen MR) is 516 cm³/mol. The summed E-state index contributed by atoms with van der Waals surface area (Å²) in [6.45, 7) is 114. The Labute approximate surface area is 672 Å². The van der Waals surface area contributed by atoms with Gasteiger partial charge in [-0.3, -0.25) is 14.7 Å². The van der Waals surface area contributed by atoms with Crippen molar-refractivity contribution in [2.45, 2.75) is 548 Å². The lowest BCUT2D eigenvalue weighted by atomic mass is 9.71. The molecular formula is C98H248N4. The van der Waals surface area contributed by atoms with Gasteiger partial charge in [0.2, 0.25) is 0 Å². The van der Waals surface area contributed by atoms with Gasteiger partial charge in [0.1, 0.15) is 0 Å². The van der Waals surface area contributed by atoms with Gasteiger partial charge in [-0.1, -0.05) is 393 Å². The number of nitrogens with zero attached hydrogens (tertiary/aromatic N) is 3. The van der Waals surface area contributed by atoms with Crippen LogP contribution in [0.3, 0.4) is 0 Å². The molecule has 0 spiro atoms. The Balaban J connectivity index is -0.0000000309. The zero-order chi connectivity index (χ0) is 75.1. The standard InChI is InChI=1S/C19H38N2.C11H23N.2C10H20.C9H19N.C3H8.12C2H6.12CH4/c1-12-9-13(2)17(6)20(16(12)5)11-21-18(7)14(3)10-15(4)19(21)8;1-6-12-10(4)8(2)7-9(3)11(12)5;2*1-7-5-9(3)10(4)6-8(7)2;1-6-5-7(2)9(4)10-8(6)3;1-3-2;12*1-2;;;;;;;;;;;;/h12-19H,9-11H2,1-8H3;8-11H,6-7H2,1-5H3;2*7-10H,5-6H2,1-4H3;6-10H,5H2,1-4H3;3H2,1-2H3;12*1-2H3;12*1H4/t12-,13+,14-,15+,16-,17+,18-,19+;8-,9+,10-,11+;2*7-,8+,9+,10-;6-,7+,8-,9+;;;;;;;;;;;;;;;;;;;;;;;;;. The van der Waals surface area contributed by atoms with E-state index in [-0.39, 0.29) is 89.1 Å². The predicted octanol–water partition coefficient (Wildman–Crippen LogP) is 37.3. The minimum absolute atomic E-state index is 0. The van der Waals surface area contributed by atoms with E-state index in [1.807, 2.05) is 166 Å². The molecule has 0 radical (unpaired) electrons. The van der Waals surface area contributed by atoms with Crippen LogP contribution < -0.4 is 5.32 Å². The average Bonchev–Trinajstić information content (AvgIpc) is 0.799. The average molecular weight is 1480 g/mol. The molecule has 6 rings (SSSR count). The molecule has 2 aliphatic carbocycles. The quantitative estimate of drug-likeness (QED) is 0.304. The van der Waals surface area contributed by atoms with E-state index in [1.54, 1.807) is 0 Å². The number of rotatable bonds is 3. The van der Waals surface area contributed by atoms with Gasteiger partial charge < -0.3 is 5.32 Å². The van der Waals surface area contributed by atoms with E-state index in [9.17, 15) is 0 Å². The van der Waals surface area contributed by atoms with Crippen LogP contribution in [-0.4, -0.2) is 76.2 Å². The van der Waals surface area contributed by atoms with Crippen LogP contribution in [0.15, 0.2) is 0 Å². The van der Waals surface area contributed by atoms with Crippen molar-refractivity contribution in [1.29, 1.82) is 0 Å². The molecule has 0 aromatic carbocycles. The Morgan fingerprint density at radius 3 is 0.412 bits per heavy atom. The smallest absolute Gasteiger partial charge is 0.0516 e. The molecule has 0 aromatic heterocycles. The van der Waals surface area contributed by atoms with Gasteiger partial charge in [0, 0.05) is 48.3 Å². The largest absolute Gasteiger partial charge is 0.311 e. The summed E-state index contributed by atoms with van der Waals surface area (Å²) in [5, 5.41) is 3.58. The minimum atomic E-state index is 0. The first-order chi connectivity index (χ1) is 42.6. The Morgan fingerprint density at radius 2 is 0.294 bits per heavy atom. The summed E-state index contributed by atoms with van der Waals surface area (Å²) in [5.41, 5.74) is 0. The molecule has 4 heteroatoms. The highest BCUT2D eigenvalue weighted by atomic mass is 15.4. The fraction of sp³-hybridized carbons (Fsp3) is 1.00. The van der Waals surface area contributed by atoms with E-state index in [0.717, 1.165) is 113 Å². The van der Waals surface area contributed by atoms with Crippen molar-refractivity contribution < 1.29 is 0 Å². The highest BCUT2D eigenvalue weighted by Crippen LogP contribution is 2.39. The van der Waals surface area contributed by atoms with E-state index in [2.05, 4.69) is 207 Å². The lowest BCUT2D eigenvalue weighted by molar-refractivity contribution is -0.0690. The van der Waals surface area contributed by atoms with E-state index < -0.39 is 0 Å². The molecule has 6 fully saturated rings. The molecule has 4 nitrogen and oxygen atoms in total. The minimum Gasteiger partial charge on any atom is -0.311 e. The molecule has 24 atom stereocenters. The highest BCUT2D eigenvalue weighted by molar-refractivity contribution is 4.93. The van der Waals surface area contributed by atoms with Crippen LogP contribution in [0.4, 0.5) is 0 Å². The second kappa shape index (κ2) is 117. The molecule has 0 aromatic rings. The summed E-state index contributed by atoms with van der Waals surface area (Å²) >= 11 is 0. The third-order valence-corrected chi connectivity index (χ3v) is 20.8. The molecule has 2 saturated carbocycles. The molecule has 102 heavy (non-hydrogen) atoms. The van der Waals surface area contributed by atoms with Gasteiger partial charge >= 0.3 is 0 Å². The molecule has 4 saturated heterocycles. The van der Waals surface area contributed by atoms with Crippen molar-refractivity contribution in [2.75, 3.05) is 13.2 Å². The molecule has 0 bridgehead atoms. The van der Waals surface area contributed by atoms with Crippen molar-refractivity contribution in [3.8, 4) is 0 Å². The summed E-state index contributed by atoms with van der Waals surface area (Å²) in [6, 6.07) is 5.83. The summed E-state index contributed by atoms with van der Waals surface area (Å²) in [6.07, 6.45) is 12.6. The fourth-order valence-electron chi connectivity index (χ4n) is 13.2. The molecule has 4 aliphatic heterocycles. The zero-order valence-corrected chi connectivity index (χ0v) is 74.5. The molecule has 1 N–H and O–H groups in total. The van der Waals surface area contributed by atoms with Crippen LogP contribution in [0.5, 0.6) is 0 Å². The number of piperidine rings is 4. The maximum Gasteiger partial charge on any atom is 0.0516 e. The van der Waals surface area contributed by atoms with E-state index >= 15 is 0 Å². The van der Waals surface area contributed by atoms with Crippen LogP contribution >= 0.6 is 0 Å². The number of nitrogens with one attached hydrogen (secondary N) is 1. The zero-order valence-electron chi connectivity index (χ0n) is 74.5. The lowest BCUT2D eigenvalue weighted by Gasteiger charge is -2.53. The van der Waals surface area contributed by atoms with Gasteiger partial charge in [-0.15, -0.1) is 0 Å². The second-order valence-corrected chi connectivity index (χ2v) is 26.4. The molecular weight excluding hydrogens is 1230 g/mol. The molecule has 6 aliphatic rings. The Hall–Kier alpha value is -0.160. The summed E-state index contributed by atoms with van der Waals surface area (Å²) in [7, 11) is 0. The third kappa shape index (κ3) is 75.3. The Kier molecular flexibility index (Phi) is 195. The normalized spacial score (nSPS) is 31.0. The van der Waals surface area contributed by atoms with Crippen LogP contribution in [-0.2, 0) is 0 Å². The molecule has 0 amide bonds. The van der Waals surface area contributed by atoms with Crippen molar-refractivity contribution in [2.24, 2.45) is 94.7 Å². The number of hydrogen-bond donors (Lipinski definition) is 1. The maximum absolute atomic E-state index is 3.58. The molecule has 4 heterocycles. The third-order valence-electron chi connectivity index (χ3n) is 20.8. The first-order valence-electron chi connectivity index (χ1n) is 41.6. The number of likely N-dealkylation sites (tertiary alicyclic amines) is 3. The maximum atomic E-state index is 3.58. The number of hydrogen-bond acceptors (Lipinski definition) is 4. The van der Waals surface area contributed by atoms with Crippen LogP contribution in [0.1, 0.15) is 500 Å². The Bertz CT molecular complexity index is 1020. The highest BCUT2D eigenvalue weighted by Gasteiger charge is 2.40. The SMILES string of the molecule is C.C.C.C.C.C.C.C.C.C.C.C.CC.CC.CC.CC.CC.CC.CC.CC.CC.CC.CC.CC.CCC.CCN1[C@H](C)[C@H](C)C[C@H](C)[C@@H]1C.C[C@@H]1C[C@H](C)[C@H](C)C[C@@H]1C.C[C@@H]1C[C@H](C)[C@H](C)C[C@@H]1C.C[C@@H]1C[C@H](C)[C@H](C)N(CN2[C@H](C)[C@H](C)C[C@H](C)[C@@H]2C)[C@@H]1C.C[C@@H]1C[C@H](C)[C@H](C)N[C@@H]1C. The van der Waals surface area contributed by atoms with E-state index in [0.29, 0.717) is 36.3 Å². The monoisotopic (exact) mass is 1480 g/mol. The van der Waals surface area contributed by atoms with Crippen LogP contribution in [0.25, 0.3) is 0 Å². The summed E-state index contributed by atoms with van der Waals surface area (Å²) in [5.74, 6) is 14.4. The second-order valence-electron chi connectivity index (χ2n) is 26.4. The van der Waals surface area contributed by atoms with Gasteiger partial charge in [0.25, 0.3) is 0 Å². The van der Waals surface area contributed by atoms with Crippen molar-refractivity contribution in [3.63, 3.8) is 0 Å². The fourth-order valence-corrected chi connectivity index (χ4v) is 13.2. The van der Waals surface area contributed by atoms with Gasteiger partial charge in [0.15, 0.2) is 0 Å². The van der Waals surface area contributed by atoms with Crippen LogP contribution in [0, 0.1) is 94.7 Å². The van der Waals surface area contributed by atoms with Gasteiger partial charge in [0.05, 0.1) is 6.67 Å². The van der Waals surface area contributed by atoms with Crippen LogP contribution in [0.2, 0.25) is 0 Å². The topological polar surface area (TPSA) is 21.8 Å². The summed E-state index contributed by atoms with van der Waals surface area (Å²) < 4.78 is 0. The van der Waals surface area contributed by atoms with Gasteiger partial charge in [-0.05, 0) is 208 Å². The van der Waals surface area contributed by atoms with Crippen molar-refractivity contribution in [3.05, 3.63) is 0 Å². The van der Waals surface area contributed by atoms with Crippen molar-refractivity contribution in [1.82, 2.24) is 20.0 Å².